The number of nitrogens with zero attached hydrogens (tertiary/aromatic N) is 2. The summed E-state index contributed by atoms with van der Waals surface area (Å²) < 4.78 is 36.7. The van der Waals surface area contributed by atoms with Gasteiger partial charge in [0.1, 0.15) is 0 Å². The molecule has 0 unspecified atom stereocenters. The average molecular weight is 268 g/mol. The van der Waals surface area contributed by atoms with E-state index < -0.39 is 17.2 Å². The van der Waals surface area contributed by atoms with Crippen LogP contribution in [0.15, 0.2) is 29.2 Å². The molecule has 0 fully saturated rings. The van der Waals surface area contributed by atoms with Gasteiger partial charge in [-0.1, -0.05) is 0 Å². The van der Waals surface area contributed by atoms with Crippen molar-refractivity contribution < 1.29 is 18.3 Å². The van der Waals surface area contributed by atoms with Crippen molar-refractivity contribution in [1.82, 2.24) is 9.78 Å². The second kappa shape index (κ2) is 5.05. The van der Waals surface area contributed by atoms with Crippen molar-refractivity contribution in [1.29, 1.82) is 0 Å². The van der Waals surface area contributed by atoms with Crippen LogP contribution in [0, 0.1) is 11.6 Å². The van der Waals surface area contributed by atoms with Gasteiger partial charge in [0.2, 0.25) is 5.75 Å². The first-order chi connectivity index (χ1) is 9.08. The molecule has 0 amide bonds. The summed E-state index contributed by atoms with van der Waals surface area (Å²) in [4.78, 5) is 12.1. The van der Waals surface area contributed by atoms with E-state index in [1.807, 2.05) is 0 Å². The van der Waals surface area contributed by atoms with Gasteiger partial charge < -0.3 is 9.47 Å². The summed E-state index contributed by atoms with van der Waals surface area (Å²) in [7, 11) is 2.66. The Bertz CT molecular complexity index is 671. The highest BCUT2D eigenvalue weighted by molar-refractivity contribution is 5.39. The van der Waals surface area contributed by atoms with Crippen molar-refractivity contribution in [2.45, 2.75) is 0 Å². The molecule has 0 saturated heterocycles. The van der Waals surface area contributed by atoms with Gasteiger partial charge in [0.25, 0.3) is 0 Å². The number of hydrogen-bond donors (Lipinski definition) is 0. The third kappa shape index (κ3) is 2.26. The van der Waals surface area contributed by atoms with Crippen LogP contribution < -0.4 is 15.0 Å². The molecule has 19 heavy (non-hydrogen) atoms. The SMILES string of the molecule is COc1cnn(-c2ccc(F)c(F)c2)c(=O)c1OC. The molecule has 0 aliphatic carbocycles. The molecule has 7 heteroatoms. The summed E-state index contributed by atoms with van der Waals surface area (Å²) in [5.41, 5.74) is -0.544. The Morgan fingerprint density at radius 2 is 1.89 bits per heavy atom. The molecule has 5 nitrogen and oxygen atoms in total. The van der Waals surface area contributed by atoms with E-state index in [2.05, 4.69) is 5.10 Å². The highest BCUT2D eigenvalue weighted by atomic mass is 19.2. The fourth-order valence-corrected chi connectivity index (χ4v) is 1.56. The normalized spacial score (nSPS) is 10.3. The molecule has 0 aliphatic heterocycles. The second-order valence-corrected chi connectivity index (χ2v) is 3.56. The van der Waals surface area contributed by atoms with Gasteiger partial charge in [-0.25, -0.2) is 8.78 Å². The highest BCUT2D eigenvalue weighted by Gasteiger charge is 2.14. The van der Waals surface area contributed by atoms with Crippen LogP contribution in [0.2, 0.25) is 0 Å². The minimum Gasteiger partial charge on any atom is -0.491 e. The predicted molar refractivity (Wildman–Crippen MR) is 62.9 cm³/mol. The number of hydrogen-bond acceptors (Lipinski definition) is 4. The maximum absolute atomic E-state index is 13.2. The Balaban J connectivity index is 2.63. The number of benzene rings is 1. The summed E-state index contributed by atoms with van der Waals surface area (Å²) in [5.74, 6) is -1.98. The van der Waals surface area contributed by atoms with Crippen molar-refractivity contribution >= 4 is 0 Å². The Hall–Kier alpha value is -2.44. The van der Waals surface area contributed by atoms with Gasteiger partial charge in [-0.3, -0.25) is 4.79 Å². The monoisotopic (exact) mass is 268 g/mol. The lowest BCUT2D eigenvalue weighted by atomic mass is 10.3. The van der Waals surface area contributed by atoms with E-state index in [0.717, 1.165) is 16.8 Å². The molecule has 2 rings (SSSR count). The molecule has 1 heterocycles. The summed E-state index contributed by atoms with van der Waals surface area (Å²) in [6.45, 7) is 0. The molecule has 0 bridgehead atoms. The molecule has 1 aromatic carbocycles. The van der Waals surface area contributed by atoms with Gasteiger partial charge >= 0.3 is 5.56 Å². The second-order valence-electron chi connectivity index (χ2n) is 3.56. The van der Waals surface area contributed by atoms with Crippen molar-refractivity contribution in [3.05, 3.63) is 46.4 Å². The highest BCUT2D eigenvalue weighted by Crippen LogP contribution is 2.21. The van der Waals surface area contributed by atoms with Crippen LogP contribution >= 0.6 is 0 Å². The Labute approximate surface area is 107 Å². The zero-order valence-electron chi connectivity index (χ0n) is 10.2. The van der Waals surface area contributed by atoms with Crippen molar-refractivity contribution in [2.75, 3.05) is 14.2 Å². The largest absolute Gasteiger partial charge is 0.491 e. The zero-order valence-corrected chi connectivity index (χ0v) is 10.2. The van der Waals surface area contributed by atoms with Crippen LogP contribution in [0.4, 0.5) is 8.78 Å². The summed E-state index contributed by atoms with van der Waals surface area (Å²) in [6, 6.07) is 3.02. The van der Waals surface area contributed by atoms with E-state index in [4.69, 9.17) is 9.47 Å². The quantitative estimate of drug-likeness (QED) is 0.847. The van der Waals surface area contributed by atoms with Gasteiger partial charge in [0.15, 0.2) is 17.4 Å². The van der Waals surface area contributed by atoms with E-state index in [0.29, 0.717) is 0 Å². The van der Waals surface area contributed by atoms with Crippen LogP contribution in [0.1, 0.15) is 0 Å². The van der Waals surface area contributed by atoms with E-state index in [-0.39, 0.29) is 17.2 Å². The van der Waals surface area contributed by atoms with Crippen molar-refractivity contribution in [2.24, 2.45) is 0 Å². The Kier molecular flexibility index (Phi) is 3.46. The van der Waals surface area contributed by atoms with E-state index >= 15 is 0 Å². The van der Waals surface area contributed by atoms with Crippen molar-refractivity contribution in [3.8, 4) is 17.2 Å². The molecular weight excluding hydrogens is 258 g/mol. The lowest BCUT2D eigenvalue weighted by Crippen LogP contribution is -2.23. The third-order valence-corrected chi connectivity index (χ3v) is 2.47. The zero-order chi connectivity index (χ0) is 14.0. The third-order valence-electron chi connectivity index (χ3n) is 2.47. The van der Waals surface area contributed by atoms with Gasteiger partial charge in [0.05, 0.1) is 26.1 Å². The smallest absolute Gasteiger partial charge is 0.317 e. The van der Waals surface area contributed by atoms with Gasteiger partial charge in [0, 0.05) is 6.07 Å². The van der Waals surface area contributed by atoms with Crippen LogP contribution in [-0.4, -0.2) is 24.0 Å². The average Bonchev–Trinajstić information content (AvgIpc) is 2.41. The lowest BCUT2D eigenvalue weighted by molar-refractivity contribution is 0.344. The molecule has 2 aromatic rings. The molecule has 0 N–H and O–H groups in total. The first-order valence-corrected chi connectivity index (χ1v) is 5.24. The molecule has 0 atom stereocenters. The predicted octanol–water partition coefficient (Wildman–Crippen LogP) is 1.53. The lowest BCUT2D eigenvalue weighted by Gasteiger charge is -2.09. The van der Waals surface area contributed by atoms with Gasteiger partial charge in [-0.2, -0.15) is 9.78 Å². The van der Waals surface area contributed by atoms with Crippen LogP contribution in [0.25, 0.3) is 5.69 Å². The van der Waals surface area contributed by atoms with Crippen LogP contribution in [-0.2, 0) is 0 Å². The summed E-state index contributed by atoms with van der Waals surface area (Å²) in [5, 5.41) is 3.81. The minimum atomic E-state index is -1.07. The molecule has 1 aromatic heterocycles. The number of halogens is 2. The fourth-order valence-electron chi connectivity index (χ4n) is 1.56. The minimum absolute atomic E-state index is 0.0674. The maximum atomic E-state index is 13.2. The van der Waals surface area contributed by atoms with Gasteiger partial charge in [-0.05, 0) is 12.1 Å². The first-order valence-electron chi connectivity index (χ1n) is 5.24. The molecular formula is C12H10F2N2O3. The molecule has 0 radical (unpaired) electrons. The standard InChI is InChI=1S/C12H10F2N2O3/c1-18-10-6-15-16(12(17)11(10)19-2)7-3-4-8(13)9(14)5-7/h3-6H,1-2H3. The van der Waals surface area contributed by atoms with Crippen LogP contribution in [0.5, 0.6) is 11.5 Å². The molecule has 0 aliphatic rings. The maximum Gasteiger partial charge on any atom is 0.317 e. The number of rotatable bonds is 3. The number of ether oxygens (including phenoxy) is 2. The first kappa shape index (κ1) is 13.0. The Morgan fingerprint density at radius 3 is 2.47 bits per heavy atom. The fraction of sp³-hybridized carbons (Fsp3) is 0.167. The number of aromatic nitrogens is 2. The van der Waals surface area contributed by atoms with Gasteiger partial charge in [-0.15, -0.1) is 0 Å². The van der Waals surface area contributed by atoms with Crippen LogP contribution in [0.3, 0.4) is 0 Å². The van der Waals surface area contributed by atoms with E-state index in [1.54, 1.807) is 0 Å². The molecule has 0 saturated carbocycles. The molecule has 0 spiro atoms. The summed E-state index contributed by atoms with van der Waals surface area (Å²) >= 11 is 0. The topological polar surface area (TPSA) is 53.4 Å². The van der Waals surface area contributed by atoms with Crippen molar-refractivity contribution in [3.63, 3.8) is 0 Å². The summed E-state index contributed by atoms with van der Waals surface area (Å²) in [6.07, 6.45) is 1.25. The Morgan fingerprint density at radius 1 is 1.16 bits per heavy atom. The van der Waals surface area contributed by atoms with E-state index in [1.165, 1.54) is 26.5 Å². The van der Waals surface area contributed by atoms with E-state index in [9.17, 15) is 13.6 Å². The molecule has 100 valence electrons. The number of methoxy groups -OCH3 is 2.